The number of benzene rings is 2. The van der Waals surface area contributed by atoms with Crippen LogP contribution < -0.4 is 5.32 Å². The Morgan fingerprint density at radius 1 is 1.00 bits per heavy atom. The number of hydrogen-bond donors (Lipinski definition) is 3. The molecule has 0 atom stereocenters. The van der Waals surface area contributed by atoms with Crippen molar-refractivity contribution in [3.05, 3.63) is 59.4 Å². The number of hydrogen-bond acceptors (Lipinski definition) is 3. The second-order valence-corrected chi connectivity index (χ2v) is 4.00. The van der Waals surface area contributed by atoms with Gasteiger partial charge in [-0.15, -0.1) is 0 Å². The predicted molar refractivity (Wildman–Crippen MR) is 69.4 cm³/mol. The average Bonchev–Trinajstić information content (AvgIpc) is 2.41. The lowest BCUT2D eigenvalue weighted by Gasteiger charge is -2.07. The molecule has 1 amide bonds. The molecular weight excluding hydrogens is 265 g/mol. The Kier molecular flexibility index (Phi) is 3.65. The Bertz CT molecular complexity index is 667. The molecule has 0 aliphatic rings. The zero-order chi connectivity index (χ0) is 14.7. The molecule has 0 aliphatic carbocycles. The number of halogens is 1. The Morgan fingerprint density at radius 3 is 2.15 bits per heavy atom. The van der Waals surface area contributed by atoms with Crippen molar-refractivity contribution in [3.8, 4) is 5.75 Å². The summed E-state index contributed by atoms with van der Waals surface area (Å²) in [5, 5.41) is 20.1. The summed E-state index contributed by atoms with van der Waals surface area (Å²) < 4.78 is 13.6. The van der Waals surface area contributed by atoms with Crippen LogP contribution in [0.25, 0.3) is 0 Å². The van der Waals surface area contributed by atoms with E-state index in [1.54, 1.807) is 0 Å². The quantitative estimate of drug-likeness (QED) is 0.803. The lowest BCUT2D eigenvalue weighted by Crippen LogP contribution is -2.13. The molecule has 0 radical (unpaired) electrons. The van der Waals surface area contributed by atoms with Crippen LogP contribution in [-0.2, 0) is 0 Å². The molecule has 5 nitrogen and oxygen atoms in total. The van der Waals surface area contributed by atoms with Gasteiger partial charge in [0.05, 0.1) is 11.3 Å². The van der Waals surface area contributed by atoms with E-state index in [0.717, 1.165) is 6.07 Å². The molecule has 0 aliphatic heterocycles. The third-order valence-corrected chi connectivity index (χ3v) is 2.59. The van der Waals surface area contributed by atoms with E-state index < -0.39 is 17.7 Å². The molecule has 0 aromatic heterocycles. The summed E-state index contributed by atoms with van der Waals surface area (Å²) in [7, 11) is 0. The van der Waals surface area contributed by atoms with Crippen molar-refractivity contribution in [1.82, 2.24) is 0 Å². The fourth-order valence-corrected chi connectivity index (χ4v) is 1.56. The molecule has 0 spiro atoms. The summed E-state index contributed by atoms with van der Waals surface area (Å²) in [5.74, 6) is -2.64. The summed E-state index contributed by atoms with van der Waals surface area (Å²) in [5.41, 5.74) is -0.0808. The summed E-state index contributed by atoms with van der Waals surface area (Å²) in [6.45, 7) is 0. The molecular formula is C14H10FNO4. The van der Waals surface area contributed by atoms with Crippen LogP contribution in [0.5, 0.6) is 5.75 Å². The number of carboxylic acid groups (broad SMARTS) is 1. The molecule has 2 aromatic carbocycles. The number of nitrogens with one attached hydrogen (secondary N) is 1. The summed E-state index contributed by atoms with van der Waals surface area (Å²) in [4.78, 5) is 22.5. The predicted octanol–water partition coefficient (Wildman–Crippen LogP) is 2.48. The first-order valence-corrected chi connectivity index (χ1v) is 5.60. The number of anilines is 1. The topological polar surface area (TPSA) is 86.6 Å². The molecule has 102 valence electrons. The second kappa shape index (κ2) is 5.40. The monoisotopic (exact) mass is 275 g/mol. The van der Waals surface area contributed by atoms with Crippen LogP contribution in [0.2, 0.25) is 0 Å². The summed E-state index contributed by atoms with van der Waals surface area (Å²) in [6, 6.07) is 8.63. The Morgan fingerprint density at radius 2 is 1.60 bits per heavy atom. The number of amides is 1. The smallest absolute Gasteiger partial charge is 0.335 e. The minimum Gasteiger partial charge on any atom is -0.508 e. The van der Waals surface area contributed by atoms with Gasteiger partial charge < -0.3 is 15.5 Å². The molecule has 0 saturated heterocycles. The average molecular weight is 275 g/mol. The second-order valence-electron chi connectivity index (χ2n) is 4.00. The van der Waals surface area contributed by atoms with Crippen molar-refractivity contribution in [2.24, 2.45) is 0 Å². The fraction of sp³-hybridized carbons (Fsp3) is 0. The molecule has 2 aromatic rings. The van der Waals surface area contributed by atoms with Gasteiger partial charge in [-0.25, -0.2) is 9.18 Å². The van der Waals surface area contributed by atoms with Crippen LogP contribution in [0.3, 0.4) is 0 Å². The van der Waals surface area contributed by atoms with E-state index in [-0.39, 0.29) is 22.6 Å². The van der Waals surface area contributed by atoms with E-state index >= 15 is 0 Å². The molecule has 3 N–H and O–H groups in total. The summed E-state index contributed by atoms with van der Waals surface area (Å²) in [6.07, 6.45) is 0. The normalized spacial score (nSPS) is 10.1. The maximum absolute atomic E-state index is 13.6. The Hall–Kier alpha value is -2.89. The minimum atomic E-state index is -1.25. The van der Waals surface area contributed by atoms with Gasteiger partial charge in [-0.1, -0.05) is 0 Å². The van der Waals surface area contributed by atoms with E-state index in [0.29, 0.717) is 0 Å². The number of rotatable bonds is 3. The van der Waals surface area contributed by atoms with Crippen LogP contribution in [0.1, 0.15) is 20.7 Å². The number of aromatic hydroxyl groups is 1. The van der Waals surface area contributed by atoms with Crippen LogP contribution >= 0.6 is 0 Å². The first-order chi connectivity index (χ1) is 9.47. The standard InChI is InChI=1S/C14H10FNO4/c15-11-7-9(14(19)20)3-6-12(11)16-13(18)8-1-4-10(17)5-2-8/h1-7,17H,(H,16,18)(H,19,20). The fourth-order valence-electron chi connectivity index (χ4n) is 1.56. The van der Waals surface area contributed by atoms with E-state index in [1.165, 1.54) is 36.4 Å². The molecule has 2 rings (SSSR count). The van der Waals surface area contributed by atoms with Crippen LogP contribution in [-0.4, -0.2) is 22.1 Å². The highest BCUT2D eigenvalue weighted by Gasteiger charge is 2.12. The lowest BCUT2D eigenvalue weighted by atomic mass is 10.1. The Labute approximate surface area is 113 Å². The SMILES string of the molecule is O=C(O)c1ccc(NC(=O)c2ccc(O)cc2)c(F)c1. The molecule has 20 heavy (non-hydrogen) atoms. The number of aromatic carboxylic acids is 1. The first kappa shape index (κ1) is 13.5. The molecule has 0 heterocycles. The minimum absolute atomic E-state index is 0.0125. The molecule has 0 fully saturated rings. The lowest BCUT2D eigenvalue weighted by molar-refractivity contribution is 0.0696. The molecule has 0 unspecified atom stereocenters. The third kappa shape index (κ3) is 2.92. The molecule has 0 bridgehead atoms. The van der Waals surface area contributed by atoms with E-state index in [9.17, 15) is 14.0 Å². The van der Waals surface area contributed by atoms with Crippen molar-refractivity contribution in [3.63, 3.8) is 0 Å². The van der Waals surface area contributed by atoms with Gasteiger partial charge in [0.1, 0.15) is 11.6 Å². The molecule has 6 heteroatoms. The van der Waals surface area contributed by atoms with Gasteiger partial charge in [-0.3, -0.25) is 4.79 Å². The number of phenols is 1. The van der Waals surface area contributed by atoms with Gasteiger partial charge in [-0.05, 0) is 42.5 Å². The van der Waals surface area contributed by atoms with E-state index in [2.05, 4.69) is 5.32 Å². The van der Waals surface area contributed by atoms with Crippen molar-refractivity contribution >= 4 is 17.6 Å². The van der Waals surface area contributed by atoms with Gasteiger partial charge in [0, 0.05) is 5.56 Å². The zero-order valence-electron chi connectivity index (χ0n) is 10.1. The third-order valence-electron chi connectivity index (χ3n) is 2.59. The summed E-state index contributed by atoms with van der Waals surface area (Å²) >= 11 is 0. The van der Waals surface area contributed by atoms with E-state index in [4.69, 9.17) is 10.2 Å². The van der Waals surface area contributed by atoms with Gasteiger partial charge in [0.15, 0.2) is 0 Å². The maximum Gasteiger partial charge on any atom is 0.335 e. The van der Waals surface area contributed by atoms with Crippen LogP contribution in [0.15, 0.2) is 42.5 Å². The van der Waals surface area contributed by atoms with Crippen LogP contribution in [0.4, 0.5) is 10.1 Å². The van der Waals surface area contributed by atoms with Gasteiger partial charge in [0.25, 0.3) is 5.91 Å². The van der Waals surface area contributed by atoms with Gasteiger partial charge in [-0.2, -0.15) is 0 Å². The van der Waals surface area contributed by atoms with Crippen molar-refractivity contribution < 1.29 is 24.2 Å². The van der Waals surface area contributed by atoms with Crippen molar-refractivity contribution in [2.75, 3.05) is 5.32 Å². The first-order valence-electron chi connectivity index (χ1n) is 5.60. The number of carbonyl (C=O) groups is 2. The van der Waals surface area contributed by atoms with Crippen LogP contribution in [0, 0.1) is 5.82 Å². The van der Waals surface area contributed by atoms with E-state index in [1.807, 2.05) is 0 Å². The zero-order valence-corrected chi connectivity index (χ0v) is 10.1. The largest absolute Gasteiger partial charge is 0.508 e. The Balaban J connectivity index is 2.19. The van der Waals surface area contributed by atoms with Crippen molar-refractivity contribution in [1.29, 1.82) is 0 Å². The number of carboxylic acids is 1. The van der Waals surface area contributed by atoms with Gasteiger partial charge >= 0.3 is 5.97 Å². The molecule has 0 saturated carbocycles. The van der Waals surface area contributed by atoms with Gasteiger partial charge in [0.2, 0.25) is 0 Å². The number of carbonyl (C=O) groups excluding carboxylic acids is 1. The highest BCUT2D eigenvalue weighted by Crippen LogP contribution is 2.17. The highest BCUT2D eigenvalue weighted by atomic mass is 19.1. The highest BCUT2D eigenvalue weighted by molar-refractivity contribution is 6.04. The number of phenolic OH excluding ortho intramolecular Hbond substituents is 1. The van der Waals surface area contributed by atoms with Crippen molar-refractivity contribution in [2.45, 2.75) is 0 Å². The maximum atomic E-state index is 13.6.